The van der Waals surface area contributed by atoms with Gasteiger partial charge in [-0.3, -0.25) is 0 Å². The molecule has 2 rings (SSSR count). The molecule has 0 amide bonds. The summed E-state index contributed by atoms with van der Waals surface area (Å²) < 4.78 is 0. The topological polar surface area (TPSA) is 52.0 Å². The minimum Gasteiger partial charge on any atom is -0.402 e. The van der Waals surface area contributed by atoms with Gasteiger partial charge in [0, 0.05) is 11.4 Å². The van der Waals surface area contributed by atoms with Crippen LogP contribution in [-0.2, 0) is 0 Å². The van der Waals surface area contributed by atoms with Gasteiger partial charge in [0.05, 0.1) is 0 Å². The van der Waals surface area contributed by atoms with Gasteiger partial charge in [-0.05, 0) is 66.2 Å². The summed E-state index contributed by atoms with van der Waals surface area (Å²) in [7, 11) is 0. The average Bonchev–Trinajstić information content (AvgIpc) is 2.18. The smallest absolute Gasteiger partial charge is 0.0317 e. The zero-order valence-corrected chi connectivity index (χ0v) is 11.7. The number of hydrogen-bond acceptors (Lipinski definition) is 2. The lowest BCUT2D eigenvalue weighted by Gasteiger charge is -2.34. The maximum atomic E-state index is 6.01. The first-order valence-corrected chi connectivity index (χ1v) is 6.35. The van der Waals surface area contributed by atoms with E-state index in [1.54, 1.807) is 0 Å². The Labute approximate surface area is 109 Å². The van der Waals surface area contributed by atoms with Crippen molar-refractivity contribution in [1.29, 1.82) is 0 Å². The minimum absolute atomic E-state index is 0.0732. The van der Waals surface area contributed by atoms with Crippen LogP contribution in [0.25, 0.3) is 5.57 Å². The van der Waals surface area contributed by atoms with Crippen molar-refractivity contribution in [2.24, 2.45) is 11.1 Å². The van der Waals surface area contributed by atoms with Crippen LogP contribution < -0.4 is 11.5 Å². The molecule has 4 N–H and O–H groups in total. The maximum Gasteiger partial charge on any atom is 0.0317 e. The fraction of sp³-hybridized carbons (Fsp3) is 0.375. The molecule has 1 aromatic carbocycles. The Kier molecular flexibility index (Phi) is 2.97. The van der Waals surface area contributed by atoms with E-state index in [-0.39, 0.29) is 5.41 Å². The summed E-state index contributed by atoms with van der Waals surface area (Å²) in [5.74, 6) is 0. The minimum atomic E-state index is 0.0732. The number of hydrogen-bond donors (Lipinski definition) is 2. The summed E-state index contributed by atoms with van der Waals surface area (Å²) in [6.45, 7) is 8.76. The highest BCUT2D eigenvalue weighted by molar-refractivity contribution is 5.78. The van der Waals surface area contributed by atoms with Crippen LogP contribution in [0.15, 0.2) is 35.5 Å². The van der Waals surface area contributed by atoms with Gasteiger partial charge >= 0.3 is 0 Å². The number of allylic oxidation sites excluding steroid dienone is 4. The van der Waals surface area contributed by atoms with Crippen LogP contribution in [0.1, 0.15) is 38.3 Å². The third-order valence-electron chi connectivity index (χ3n) is 3.64. The van der Waals surface area contributed by atoms with Gasteiger partial charge < -0.3 is 11.5 Å². The second-order valence-electron chi connectivity index (χ2n) is 5.91. The molecule has 0 saturated carbocycles. The standard InChI is InChI=1S/C16H22N2/c1-10-7-12(17)5-6-14(10)15-11(2)8-13(18)9-16(15,3)4/h5-8H,9,17-18H2,1-4H3. The second kappa shape index (κ2) is 4.20. The van der Waals surface area contributed by atoms with E-state index in [1.165, 1.54) is 22.3 Å². The molecule has 0 aromatic heterocycles. The molecule has 18 heavy (non-hydrogen) atoms. The monoisotopic (exact) mass is 242 g/mol. The predicted molar refractivity (Wildman–Crippen MR) is 78.9 cm³/mol. The number of nitrogen functional groups attached to an aromatic ring is 1. The van der Waals surface area contributed by atoms with E-state index in [1.807, 2.05) is 12.1 Å². The molecule has 0 saturated heterocycles. The SMILES string of the molecule is CC1=C(c2ccc(N)cc2C)C(C)(C)CC(N)=C1. The maximum absolute atomic E-state index is 6.01. The molecule has 1 aliphatic carbocycles. The van der Waals surface area contributed by atoms with Gasteiger partial charge in [0.15, 0.2) is 0 Å². The average molecular weight is 242 g/mol. The molecule has 2 heteroatoms. The van der Waals surface area contributed by atoms with Crippen LogP contribution in [0.4, 0.5) is 5.69 Å². The summed E-state index contributed by atoms with van der Waals surface area (Å²) >= 11 is 0. The van der Waals surface area contributed by atoms with Crippen LogP contribution in [0.5, 0.6) is 0 Å². The zero-order valence-electron chi connectivity index (χ0n) is 11.7. The molecule has 96 valence electrons. The van der Waals surface area contributed by atoms with E-state index in [2.05, 4.69) is 39.8 Å². The first kappa shape index (κ1) is 12.7. The lowest BCUT2D eigenvalue weighted by atomic mass is 9.71. The number of aryl methyl sites for hydroxylation is 1. The van der Waals surface area contributed by atoms with E-state index < -0.39 is 0 Å². The summed E-state index contributed by atoms with van der Waals surface area (Å²) in [5.41, 5.74) is 18.9. The van der Waals surface area contributed by atoms with Crippen molar-refractivity contribution in [2.75, 3.05) is 5.73 Å². The Bertz CT molecular complexity index is 548. The molecule has 0 radical (unpaired) electrons. The molecule has 1 aromatic rings. The molecular formula is C16H22N2. The van der Waals surface area contributed by atoms with Crippen LogP contribution in [0.2, 0.25) is 0 Å². The summed E-state index contributed by atoms with van der Waals surface area (Å²) in [6, 6.07) is 6.13. The van der Waals surface area contributed by atoms with Crippen LogP contribution in [0, 0.1) is 12.3 Å². The zero-order chi connectivity index (χ0) is 13.5. The fourth-order valence-corrected chi connectivity index (χ4v) is 3.08. The highest BCUT2D eigenvalue weighted by Gasteiger charge is 2.30. The van der Waals surface area contributed by atoms with Crippen molar-refractivity contribution in [3.8, 4) is 0 Å². The van der Waals surface area contributed by atoms with Gasteiger partial charge in [-0.15, -0.1) is 0 Å². The molecule has 0 fully saturated rings. The number of anilines is 1. The molecule has 0 bridgehead atoms. The predicted octanol–water partition coefficient (Wildman–Crippen LogP) is 3.62. The lowest BCUT2D eigenvalue weighted by Crippen LogP contribution is -2.22. The fourth-order valence-electron chi connectivity index (χ4n) is 3.08. The van der Waals surface area contributed by atoms with E-state index in [4.69, 9.17) is 11.5 Å². The van der Waals surface area contributed by atoms with Crippen molar-refractivity contribution in [3.63, 3.8) is 0 Å². The number of benzene rings is 1. The van der Waals surface area contributed by atoms with Gasteiger partial charge in [0.25, 0.3) is 0 Å². The van der Waals surface area contributed by atoms with Crippen molar-refractivity contribution < 1.29 is 0 Å². The Hall–Kier alpha value is -1.70. The number of rotatable bonds is 1. The van der Waals surface area contributed by atoms with Crippen molar-refractivity contribution in [1.82, 2.24) is 0 Å². The molecule has 0 spiro atoms. The summed E-state index contributed by atoms with van der Waals surface area (Å²) in [5, 5.41) is 0. The quantitative estimate of drug-likeness (QED) is 0.739. The van der Waals surface area contributed by atoms with Gasteiger partial charge in [-0.2, -0.15) is 0 Å². The first-order valence-electron chi connectivity index (χ1n) is 6.35. The van der Waals surface area contributed by atoms with Crippen molar-refractivity contribution in [3.05, 3.63) is 46.7 Å². The Morgan fingerprint density at radius 3 is 2.33 bits per heavy atom. The van der Waals surface area contributed by atoms with E-state index in [0.29, 0.717) is 0 Å². The molecule has 0 heterocycles. The van der Waals surface area contributed by atoms with Crippen LogP contribution in [0.3, 0.4) is 0 Å². The summed E-state index contributed by atoms with van der Waals surface area (Å²) in [4.78, 5) is 0. The molecule has 0 atom stereocenters. The molecular weight excluding hydrogens is 220 g/mol. The van der Waals surface area contributed by atoms with E-state index in [0.717, 1.165) is 17.8 Å². The lowest BCUT2D eigenvalue weighted by molar-refractivity contribution is 0.485. The Morgan fingerprint density at radius 1 is 1.11 bits per heavy atom. The van der Waals surface area contributed by atoms with Gasteiger partial charge in [0.2, 0.25) is 0 Å². The first-order chi connectivity index (χ1) is 8.31. The van der Waals surface area contributed by atoms with Crippen LogP contribution in [-0.4, -0.2) is 0 Å². The van der Waals surface area contributed by atoms with Gasteiger partial charge in [-0.1, -0.05) is 19.9 Å². The molecule has 0 aliphatic heterocycles. The molecule has 1 aliphatic rings. The van der Waals surface area contributed by atoms with Crippen LogP contribution >= 0.6 is 0 Å². The normalized spacial score (nSPS) is 18.8. The molecule has 2 nitrogen and oxygen atoms in total. The van der Waals surface area contributed by atoms with Crippen molar-refractivity contribution >= 4 is 11.3 Å². The Balaban J connectivity index is 2.64. The third-order valence-corrected chi connectivity index (χ3v) is 3.64. The third kappa shape index (κ3) is 2.15. The van der Waals surface area contributed by atoms with Gasteiger partial charge in [0.1, 0.15) is 0 Å². The van der Waals surface area contributed by atoms with E-state index in [9.17, 15) is 0 Å². The van der Waals surface area contributed by atoms with E-state index >= 15 is 0 Å². The Morgan fingerprint density at radius 2 is 1.78 bits per heavy atom. The highest BCUT2D eigenvalue weighted by atomic mass is 14.6. The van der Waals surface area contributed by atoms with Gasteiger partial charge in [-0.25, -0.2) is 0 Å². The largest absolute Gasteiger partial charge is 0.402 e. The van der Waals surface area contributed by atoms with Crippen molar-refractivity contribution in [2.45, 2.75) is 34.1 Å². The highest BCUT2D eigenvalue weighted by Crippen LogP contribution is 2.45. The molecule has 0 unspecified atom stereocenters. The summed E-state index contributed by atoms with van der Waals surface area (Å²) in [6.07, 6.45) is 3.00. The second-order valence-corrected chi connectivity index (χ2v) is 5.91. The number of nitrogens with two attached hydrogens (primary N) is 2.